The summed E-state index contributed by atoms with van der Waals surface area (Å²) >= 11 is 1.40. The molecule has 0 aliphatic rings. The number of aromatic hydroxyl groups is 1. The molecule has 4 aromatic rings. The Morgan fingerprint density at radius 2 is 1.84 bits per heavy atom. The minimum absolute atomic E-state index is 0.0414. The first kappa shape index (κ1) is 21.3. The third kappa shape index (κ3) is 4.37. The van der Waals surface area contributed by atoms with Crippen LogP contribution >= 0.6 is 11.3 Å². The SMILES string of the molecule is Cc1ccc(-c2csc3ncn(CCC(=O)NNC(=O)c4ccccc4O)c(=O)c23)cc1. The average molecular weight is 449 g/mol. The van der Waals surface area contributed by atoms with Gasteiger partial charge in [0.25, 0.3) is 11.5 Å². The van der Waals surface area contributed by atoms with E-state index in [2.05, 4.69) is 15.8 Å². The molecule has 0 spiro atoms. The van der Waals surface area contributed by atoms with Crippen molar-refractivity contribution < 1.29 is 14.7 Å². The second-order valence-electron chi connectivity index (χ2n) is 7.21. The van der Waals surface area contributed by atoms with Crippen LogP contribution in [0.1, 0.15) is 22.3 Å². The highest BCUT2D eigenvalue weighted by Crippen LogP contribution is 2.30. The van der Waals surface area contributed by atoms with Crippen LogP contribution in [0.4, 0.5) is 0 Å². The van der Waals surface area contributed by atoms with Crippen molar-refractivity contribution in [2.45, 2.75) is 19.9 Å². The second kappa shape index (κ2) is 9.03. The van der Waals surface area contributed by atoms with Gasteiger partial charge >= 0.3 is 0 Å². The maximum atomic E-state index is 13.1. The van der Waals surface area contributed by atoms with Gasteiger partial charge in [0.1, 0.15) is 10.6 Å². The number of hydrogen-bond acceptors (Lipinski definition) is 6. The predicted octanol–water partition coefficient (Wildman–Crippen LogP) is 2.99. The van der Waals surface area contributed by atoms with E-state index in [4.69, 9.17) is 0 Å². The molecule has 0 bridgehead atoms. The summed E-state index contributed by atoms with van der Waals surface area (Å²) < 4.78 is 1.39. The number of benzene rings is 2. The molecule has 0 saturated carbocycles. The van der Waals surface area contributed by atoms with Crippen LogP contribution in [-0.2, 0) is 11.3 Å². The Hall–Kier alpha value is -3.98. The minimum atomic E-state index is -0.641. The molecule has 0 fully saturated rings. The number of hydrogen-bond donors (Lipinski definition) is 3. The molecule has 3 N–H and O–H groups in total. The molecule has 162 valence electrons. The van der Waals surface area contributed by atoms with Gasteiger partial charge in [0.2, 0.25) is 5.91 Å². The lowest BCUT2D eigenvalue weighted by Gasteiger charge is -2.09. The zero-order valence-electron chi connectivity index (χ0n) is 17.2. The van der Waals surface area contributed by atoms with Gasteiger partial charge in [-0.2, -0.15) is 0 Å². The summed E-state index contributed by atoms with van der Waals surface area (Å²) in [7, 11) is 0. The van der Waals surface area contributed by atoms with E-state index in [-0.39, 0.29) is 29.8 Å². The summed E-state index contributed by atoms with van der Waals surface area (Å²) in [4.78, 5) is 42.3. The number of hydrazine groups is 1. The molecular weight excluding hydrogens is 428 g/mol. The van der Waals surface area contributed by atoms with Crippen LogP contribution < -0.4 is 16.4 Å². The maximum Gasteiger partial charge on any atom is 0.273 e. The van der Waals surface area contributed by atoms with E-state index in [1.165, 1.54) is 34.4 Å². The number of amides is 2. The van der Waals surface area contributed by atoms with Gasteiger partial charge in [-0.15, -0.1) is 11.3 Å². The number of para-hydroxylation sites is 1. The van der Waals surface area contributed by atoms with Crippen molar-refractivity contribution in [2.75, 3.05) is 0 Å². The van der Waals surface area contributed by atoms with Crippen molar-refractivity contribution in [1.29, 1.82) is 0 Å². The number of thiophene rings is 1. The quantitative estimate of drug-likeness (QED) is 0.406. The van der Waals surface area contributed by atoms with Gasteiger partial charge in [-0.25, -0.2) is 4.98 Å². The number of fused-ring (bicyclic) bond motifs is 1. The smallest absolute Gasteiger partial charge is 0.273 e. The summed E-state index contributed by atoms with van der Waals surface area (Å²) in [6, 6.07) is 13.9. The number of nitrogens with one attached hydrogen (secondary N) is 2. The van der Waals surface area contributed by atoms with E-state index >= 15 is 0 Å². The molecule has 8 nitrogen and oxygen atoms in total. The Kier molecular flexibility index (Phi) is 6.00. The topological polar surface area (TPSA) is 113 Å². The molecule has 4 rings (SSSR count). The van der Waals surface area contributed by atoms with Gasteiger partial charge in [0.15, 0.2) is 0 Å². The average Bonchev–Trinajstić information content (AvgIpc) is 3.23. The van der Waals surface area contributed by atoms with Gasteiger partial charge in [-0.05, 0) is 24.6 Å². The Morgan fingerprint density at radius 3 is 2.59 bits per heavy atom. The van der Waals surface area contributed by atoms with Crippen molar-refractivity contribution >= 4 is 33.4 Å². The first-order chi connectivity index (χ1) is 15.4. The number of aromatic nitrogens is 2. The molecule has 0 unspecified atom stereocenters. The first-order valence-corrected chi connectivity index (χ1v) is 10.7. The fraction of sp³-hybridized carbons (Fsp3) is 0.130. The van der Waals surface area contributed by atoms with E-state index in [1.807, 2.05) is 36.6 Å². The monoisotopic (exact) mass is 448 g/mol. The van der Waals surface area contributed by atoms with Crippen molar-refractivity contribution in [3.05, 3.63) is 81.7 Å². The molecule has 0 aliphatic heterocycles. The number of nitrogens with zero attached hydrogens (tertiary/aromatic N) is 2. The number of phenolic OH excluding ortho intramolecular Hbond substituents is 1. The largest absolute Gasteiger partial charge is 0.507 e. The highest BCUT2D eigenvalue weighted by molar-refractivity contribution is 7.17. The lowest BCUT2D eigenvalue weighted by molar-refractivity contribution is -0.122. The Bertz CT molecular complexity index is 1360. The number of carbonyl (C=O) groups excluding carboxylic acids is 2. The molecule has 2 amide bonds. The highest BCUT2D eigenvalue weighted by Gasteiger charge is 2.15. The zero-order valence-corrected chi connectivity index (χ0v) is 18.0. The number of aryl methyl sites for hydroxylation is 2. The zero-order chi connectivity index (χ0) is 22.7. The Morgan fingerprint density at radius 1 is 1.09 bits per heavy atom. The van der Waals surface area contributed by atoms with Gasteiger partial charge in [-0.1, -0.05) is 42.0 Å². The molecular formula is C23H20N4O4S. The van der Waals surface area contributed by atoms with Crippen molar-refractivity contribution in [3.63, 3.8) is 0 Å². The lowest BCUT2D eigenvalue weighted by atomic mass is 10.1. The van der Waals surface area contributed by atoms with Gasteiger partial charge in [0.05, 0.1) is 17.3 Å². The Labute approximate surface area is 187 Å². The normalized spacial score (nSPS) is 10.8. The standard InChI is InChI=1S/C23H20N4O4S/c1-14-6-8-15(9-7-14)17-12-32-22-20(17)23(31)27(13-24-22)11-10-19(29)25-26-21(30)16-4-2-3-5-18(16)28/h2-9,12-13,28H,10-11H2,1H3,(H,25,29)(H,26,30). The highest BCUT2D eigenvalue weighted by atomic mass is 32.1. The van der Waals surface area contributed by atoms with Crippen LogP contribution in [0.2, 0.25) is 0 Å². The molecule has 32 heavy (non-hydrogen) atoms. The van der Waals surface area contributed by atoms with E-state index in [0.717, 1.165) is 16.7 Å². The second-order valence-corrected chi connectivity index (χ2v) is 8.07. The predicted molar refractivity (Wildman–Crippen MR) is 122 cm³/mol. The van der Waals surface area contributed by atoms with Gasteiger partial charge in [0, 0.05) is 23.9 Å². The summed E-state index contributed by atoms with van der Waals surface area (Å²) in [5, 5.41) is 12.1. The summed E-state index contributed by atoms with van der Waals surface area (Å²) in [6.07, 6.45) is 1.38. The minimum Gasteiger partial charge on any atom is -0.507 e. The van der Waals surface area contributed by atoms with E-state index in [1.54, 1.807) is 12.1 Å². The van der Waals surface area contributed by atoms with Crippen LogP contribution in [0.3, 0.4) is 0 Å². The van der Waals surface area contributed by atoms with Crippen molar-refractivity contribution in [2.24, 2.45) is 0 Å². The summed E-state index contributed by atoms with van der Waals surface area (Å²) in [5.74, 6) is -1.31. The number of rotatable bonds is 5. The van der Waals surface area contributed by atoms with Crippen molar-refractivity contribution in [3.8, 4) is 16.9 Å². The molecule has 0 aliphatic carbocycles. The molecule has 2 heterocycles. The molecule has 9 heteroatoms. The van der Waals surface area contributed by atoms with E-state index < -0.39 is 11.8 Å². The number of carbonyl (C=O) groups is 2. The molecule has 2 aromatic heterocycles. The van der Waals surface area contributed by atoms with E-state index in [9.17, 15) is 19.5 Å². The van der Waals surface area contributed by atoms with Crippen LogP contribution in [-0.4, -0.2) is 26.5 Å². The summed E-state index contributed by atoms with van der Waals surface area (Å²) in [6.45, 7) is 2.10. The molecule has 0 saturated heterocycles. The van der Waals surface area contributed by atoms with Gasteiger partial charge < -0.3 is 5.11 Å². The third-order valence-electron chi connectivity index (χ3n) is 4.97. The number of phenols is 1. The fourth-order valence-electron chi connectivity index (χ4n) is 3.22. The van der Waals surface area contributed by atoms with Crippen LogP contribution in [0.5, 0.6) is 5.75 Å². The molecule has 0 radical (unpaired) electrons. The van der Waals surface area contributed by atoms with E-state index in [0.29, 0.717) is 10.2 Å². The lowest BCUT2D eigenvalue weighted by Crippen LogP contribution is -2.42. The third-order valence-corrected chi connectivity index (χ3v) is 5.85. The van der Waals surface area contributed by atoms with Crippen LogP contribution in [0.25, 0.3) is 21.3 Å². The molecule has 2 aromatic carbocycles. The maximum absolute atomic E-state index is 13.1. The van der Waals surface area contributed by atoms with Crippen LogP contribution in [0, 0.1) is 6.92 Å². The first-order valence-electron chi connectivity index (χ1n) is 9.85. The van der Waals surface area contributed by atoms with Crippen molar-refractivity contribution in [1.82, 2.24) is 20.4 Å². The van der Waals surface area contributed by atoms with Crippen LogP contribution in [0.15, 0.2) is 65.0 Å². The summed E-state index contributed by atoms with van der Waals surface area (Å²) in [5.41, 5.74) is 7.24. The molecule has 0 atom stereocenters. The Balaban J connectivity index is 1.45. The fourth-order valence-corrected chi connectivity index (χ4v) is 4.12. The van der Waals surface area contributed by atoms with Gasteiger partial charge in [-0.3, -0.25) is 29.8 Å².